The first-order valence-corrected chi connectivity index (χ1v) is 9.04. The Morgan fingerprint density at radius 1 is 1.08 bits per heavy atom. The van der Waals surface area contributed by atoms with Crippen molar-refractivity contribution in [2.75, 3.05) is 24.9 Å². The highest BCUT2D eigenvalue weighted by Gasteiger charge is 2.36. The third-order valence-electron chi connectivity index (χ3n) is 2.00. The highest BCUT2D eigenvalue weighted by atomic mass is 79.9. The summed E-state index contributed by atoms with van der Waals surface area (Å²) in [5, 5.41) is 0.410. The highest BCUT2D eigenvalue weighted by molar-refractivity contribution is 9.09. The molecule has 0 fully saturated rings. The zero-order chi connectivity index (χ0) is 20.3. The Balaban J connectivity index is 0. The molecule has 0 aliphatic heterocycles. The molecule has 0 aliphatic carbocycles. The lowest BCUT2D eigenvalue weighted by Gasteiger charge is -2.08. The summed E-state index contributed by atoms with van der Waals surface area (Å²) < 4.78 is 42.3. The van der Waals surface area contributed by atoms with E-state index in [1.165, 1.54) is 6.08 Å². The number of hydrogen-bond acceptors (Lipinski definition) is 4. The summed E-state index contributed by atoms with van der Waals surface area (Å²) in [5.74, 6) is -2.61. The second-order valence-corrected chi connectivity index (χ2v) is 6.96. The number of rotatable bonds is 7. The predicted molar refractivity (Wildman–Crippen MR) is 95.7 cm³/mol. The summed E-state index contributed by atoms with van der Waals surface area (Å²) in [5.41, 5.74) is 0. The van der Waals surface area contributed by atoms with E-state index >= 15 is 0 Å². The molecule has 0 aromatic heterocycles. The van der Waals surface area contributed by atoms with E-state index in [1.54, 1.807) is 6.92 Å². The first-order valence-electron chi connectivity index (χ1n) is 6.25. The average molecular weight is 513 g/mol. The Kier molecular flexibility index (Phi) is 14.2. The fourth-order valence-electron chi connectivity index (χ4n) is 0.912. The molecule has 0 saturated carbocycles. The quantitative estimate of drug-likeness (QED) is 0.270. The van der Waals surface area contributed by atoms with Crippen LogP contribution in [-0.2, 0) is 19.1 Å². The van der Waals surface area contributed by atoms with Crippen LogP contribution in [0.3, 0.4) is 0 Å². The summed E-state index contributed by atoms with van der Waals surface area (Å²) in [6, 6.07) is 0. The number of carbonyl (C=O) groups excluding carboxylic acids is 2. The Morgan fingerprint density at radius 3 is 1.84 bits per heavy atom. The minimum Gasteiger partial charge on any atom is -0.500 e. The molecule has 25 heavy (non-hydrogen) atoms. The third kappa shape index (κ3) is 13.7. The maximum Gasteiger partial charge on any atom is 0.454 e. The number of ether oxygens (including phenoxy) is 2. The van der Waals surface area contributed by atoms with Crippen molar-refractivity contribution in [2.24, 2.45) is 0 Å². The summed E-state index contributed by atoms with van der Waals surface area (Å²) in [6.07, 6.45) is -3.37. The largest absolute Gasteiger partial charge is 0.500 e. The molecule has 0 aromatic carbocycles. The van der Waals surface area contributed by atoms with E-state index in [-0.39, 0.29) is 11.6 Å². The van der Waals surface area contributed by atoms with E-state index in [0.717, 1.165) is 7.11 Å². The van der Waals surface area contributed by atoms with Crippen molar-refractivity contribution in [1.29, 1.82) is 0 Å². The minimum absolute atomic E-state index is 0.209. The van der Waals surface area contributed by atoms with E-state index in [1.807, 2.05) is 0 Å². The van der Waals surface area contributed by atoms with Gasteiger partial charge in [0.05, 0.1) is 24.9 Å². The lowest BCUT2D eigenvalue weighted by Crippen LogP contribution is -2.20. The number of allylic oxidation sites excluding steroid dienone is 4. The molecular weight excluding hydrogens is 499 g/mol. The second-order valence-electron chi connectivity index (χ2n) is 3.85. The van der Waals surface area contributed by atoms with Crippen LogP contribution in [0.15, 0.2) is 23.7 Å². The van der Waals surface area contributed by atoms with E-state index in [9.17, 15) is 22.8 Å². The van der Waals surface area contributed by atoms with Crippen molar-refractivity contribution in [3.8, 4) is 0 Å². The molecule has 0 radical (unpaired) electrons. The van der Waals surface area contributed by atoms with Crippen molar-refractivity contribution in [3.05, 3.63) is 23.7 Å². The summed E-state index contributed by atoms with van der Waals surface area (Å²) in [6.45, 7) is 2.26. The topological polar surface area (TPSA) is 52.6 Å². The lowest BCUT2D eigenvalue weighted by atomic mass is 10.3. The van der Waals surface area contributed by atoms with Gasteiger partial charge in [-0.05, 0) is 6.92 Å². The molecule has 0 bridgehead atoms. The average Bonchev–Trinajstić information content (AvgIpc) is 2.50. The van der Waals surface area contributed by atoms with Gasteiger partial charge in [-0.1, -0.05) is 50.7 Å². The number of ketones is 2. The van der Waals surface area contributed by atoms with Crippen LogP contribution in [0.4, 0.5) is 13.2 Å². The molecule has 12 heteroatoms. The second kappa shape index (κ2) is 13.1. The van der Waals surface area contributed by atoms with Crippen molar-refractivity contribution in [3.63, 3.8) is 0 Å². The van der Waals surface area contributed by atoms with Gasteiger partial charge >= 0.3 is 6.18 Å². The first-order chi connectivity index (χ1) is 11.3. The molecule has 0 saturated heterocycles. The van der Waals surface area contributed by atoms with Crippen molar-refractivity contribution in [2.45, 2.75) is 16.9 Å². The maximum atomic E-state index is 11.6. The molecular formula is C13H14BrCl4F3O4. The van der Waals surface area contributed by atoms with Gasteiger partial charge in [0.2, 0.25) is 5.78 Å². The predicted octanol–water partition coefficient (Wildman–Crippen LogP) is 5.13. The van der Waals surface area contributed by atoms with Crippen LogP contribution in [0, 0.1) is 0 Å². The van der Waals surface area contributed by atoms with E-state index in [2.05, 4.69) is 20.7 Å². The van der Waals surface area contributed by atoms with Gasteiger partial charge in [0.1, 0.15) is 11.5 Å². The van der Waals surface area contributed by atoms with Gasteiger partial charge in [-0.3, -0.25) is 9.59 Å². The van der Waals surface area contributed by atoms with E-state index in [0.29, 0.717) is 23.8 Å². The summed E-state index contributed by atoms with van der Waals surface area (Å²) >= 11 is 24.3. The Labute approximate surface area is 171 Å². The Hall–Kier alpha value is -0.150. The number of hydrogen-bond donors (Lipinski definition) is 0. The molecule has 0 unspecified atom stereocenters. The molecule has 0 amide bonds. The molecule has 0 aliphatic rings. The standard InChI is InChI=1S/C7H8BrCl3O2.C6H6ClF3O2/c1-2-13-5(4-8)3-6(12)7(9,10)11;1-12-4(3-7)2-5(11)6(8,9)10/h3H,2,4H2,1H3;2H,3H2,1H3. The molecule has 4 nitrogen and oxygen atoms in total. The van der Waals surface area contributed by atoms with Crippen molar-refractivity contribution < 1.29 is 32.2 Å². The van der Waals surface area contributed by atoms with Gasteiger partial charge in [0.25, 0.3) is 9.58 Å². The molecule has 0 atom stereocenters. The van der Waals surface area contributed by atoms with Gasteiger partial charge in [0, 0.05) is 12.2 Å². The van der Waals surface area contributed by atoms with E-state index in [4.69, 9.17) is 51.1 Å². The van der Waals surface area contributed by atoms with Crippen LogP contribution in [0.1, 0.15) is 6.92 Å². The number of halogens is 8. The number of alkyl halides is 8. The molecule has 0 N–H and O–H groups in total. The summed E-state index contributed by atoms with van der Waals surface area (Å²) in [4.78, 5) is 21.4. The Morgan fingerprint density at radius 2 is 1.56 bits per heavy atom. The maximum absolute atomic E-state index is 11.6. The lowest BCUT2D eigenvalue weighted by molar-refractivity contribution is -0.165. The smallest absolute Gasteiger partial charge is 0.454 e. The molecule has 0 spiro atoms. The van der Waals surface area contributed by atoms with Gasteiger partial charge in [-0.15, -0.1) is 11.6 Å². The molecule has 0 aromatic rings. The molecule has 0 heterocycles. The van der Waals surface area contributed by atoms with Gasteiger partial charge in [-0.2, -0.15) is 13.2 Å². The highest BCUT2D eigenvalue weighted by Crippen LogP contribution is 2.28. The third-order valence-corrected chi connectivity index (χ3v) is 3.37. The van der Waals surface area contributed by atoms with Gasteiger partial charge in [-0.25, -0.2) is 0 Å². The normalized spacial score (nSPS) is 12.9. The van der Waals surface area contributed by atoms with Crippen LogP contribution in [0.5, 0.6) is 0 Å². The molecule has 0 rings (SSSR count). The first kappa shape index (κ1) is 27.1. The van der Waals surface area contributed by atoms with Crippen LogP contribution in [0.25, 0.3) is 0 Å². The zero-order valence-corrected chi connectivity index (χ0v) is 17.5. The summed E-state index contributed by atoms with van der Waals surface area (Å²) in [7, 11) is 1.14. The fraction of sp³-hybridized carbons (Fsp3) is 0.538. The zero-order valence-electron chi connectivity index (χ0n) is 12.9. The molecule has 146 valence electrons. The Bertz CT molecular complexity index is 496. The van der Waals surface area contributed by atoms with Crippen LogP contribution in [-0.4, -0.2) is 46.5 Å². The van der Waals surface area contributed by atoms with Gasteiger partial charge < -0.3 is 9.47 Å². The number of methoxy groups -OCH3 is 1. The van der Waals surface area contributed by atoms with Crippen molar-refractivity contribution >= 4 is 73.9 Å². The van der Waals surface area contributed by atoms with Crippen molar-refractivity contribution in [1.82, 2.24) is 0 Å². The minimum atomic E-state index is -4.87. The van der Waals surface area contributed by atoms with Crippen LogP contribution >= 0.6 is 62.3 Å². The van der Waals surface area contributed by atoms with Crippen LogP contribution in [0.2, 0.25) is 0 Å². The van der Waals surface area contributed by atoms with Gasteiger partial charge in [0.15, 0.2) is 0 Å². The fourth-order valence-corrected chi connectivity index (χ4v) is 1.59. The monoisotopic (exact) mass is 510 g/mol. The van der Waals surface area contributed by atoms with E-state index < -0.39 is 21.5 Å². The SMILES string of the molecule is CCOC(=CC(=O)C(Cl)(Cl)Cl)CBr.COC(=CC(=O)C(F)(F)F)CCl. The van der Waals surface area contributed by atoms with Crippen LogP contribution < -0.4 is 0 Å². The number of carbonyl (C=O) groups is 2.